The topological polar surface area (TPSA) is 253 Å². The second-order valence-corrected chi connectivity index (χ2v) is 12.5. The number of hydrogen-bond acceptors (Lipinski definition) is 14. The van der Waals surface area contributed by atoms with Gasteiger partial charge in [0.1, 0.15) is 30.7 Å². The van der Waals surface area contributed by atoms with E-state index in [2.05, 4.69) is 18.8 Å². The summed E-state index contributed by atoms with van der Waals surface area (Å²) < 4.78 is 46.3. The maximum absolute atomic E-state index is 12.2. The number of nitrogens with two attached hydrogens (primary N) is 1. The minimum Gasteiger partial charge on any atom is -0.389 e. The van der Waals surface area contributed by atoms with Crippen molar-refractivity contribution in [1.82, 2.24) is 14.5 Å². The second kappa shape index (κ2) is 8.95. The number of phosphoric ester groups is 2. The van der Waals surface area contributed by atoms with Crippen molar-refractivity contribution in [2.24, 2.45) is 0 Å². The standard InChI is InChI=1S/C15H21N5O12P2S/c16-12-7-13-18-4-19(12)15-11(24)9(22)6(35-15)2-30-34(27,28)32-33(25,26)29-1-5-8(21)10(23)14(31-5)20(13)3-17-7/h3-6,8-11,14-16,21-24H,1-2H2,(H2,25,26,27,28)/p+1/t5-,6-,8-,9-,10-,11-,14-,15-/m1/s1. The number of rotatable bonds is 0. The first-order valence-corrected chi connectivity index (χ1v) is 14.0. The van der Waals surface area contributed by atoms with Crippen LogP contribution < -0.4 is 10.3 Å². The predicted octanol–water partition coefficient (Wildman–Crippen LogP) is -2.48. The maximum Gasteiger partial charge on any atom is 0.481 e. The number of phosphoric acid groups is 2. The lowest BCUT2D eigenvalue weighted by atomic mass is 10.1. The van der Waals surface area contributed by atoms with Crippen LogP contribution in [0.1, 0.15) is 11.6 Å². The van der Waals surface area contributed by atoms with Gasteiger partial charge in [-0.3, -0.25) is 13.6 Å². The molecule has 0 aromatic carbocycles. The van der Waals surface area contributed by atoms with Crippen LogP contribution in [0.3, 0.4) is 0 Å². The molecule has 2 aromatic heterocycles. The molecular formula is C15H22N5O12P2S+. The van der Waals surface area contributed by atoms with Gasteiger partial charge < -0.3 is 40.7 Å². The zero-order chi connectivity index (χ0) is 25.3. The lowest BCUT2D eigenvalue weighted by molar-refractivity contribution is -0.694. The predicted molar refractivity (Wildman–Crippen MR) is 113 cm³/mol. The van der Waals surface area contributed by atoms with Crippen LogP contribution in [0.4, 0.5) is 5.82 Å². The van der Waals surface area contributed by atoms with Crippen LogP contribution >= 0.6 is 27.4 Å². The molecule has 10 atom stereocenters. The van der Waals surface area contributed by atoms with E-state index in [0.29, 0.717) is 0 Å². The van der Waals surface area contributed by atoms with Crippen LogP contribution in [0.25, 0.3) is 11.2 Å². The summed E-state index contributed by atoms with van der Waals surface area (Å²) in [5.41, 5.74) is 6.58. The monoisotopic (exact) mass is 558 g/mol. The van der Waals surface area contributed by atoms with Crippen LogP contribution in [0, 0.1) is 0 Å². The number of fused-ring (bicyclic) bond motifs is 7. The molecule has 0 radical (unpaired) electrons. The molecule has 17 nitrogen and oxygen atoms in total. The summed E-state index contributed by atoms with van der Waals surface area (Å²) in [4.78, 5) is 28.2. The molecule has 0 saturated carbocycles. The summed E-state index contributed by atoms with van der Waals surface area (Å²) in [6, 6.07) is 0. The van der Waals surface area contributed by atoms with E-state index >= 15 is 0 Å². The average molecular weight is 558 g/mol. The molecule has 2 aromatic rings. The van der Waals surface area contributed by atoms with Gasteiger partial charge in [0.15, 0.2) is 17.1 Å². The fraction of sp³-hybridized carbons (Fsp3) is 0.667. The van der Waals surface area contributed by atoms with E-state index in [0.717, 1.165) is 11.8 Å². The van der Waals surface area contributed by atoms with E-state index in [4.69, 9.17) is 15.0 Å². The summed E-state index contributed by atoms with van der Waals surface area (Å²) in [5.74, 6) is 0.0467. The fourth-order valence-electron chi connectivity index (χ4n) is 4.06. The normalized spacial score (nSPS) is 44.6. The number of aliphatic hydroxyl groups is 4. The molecule has 35 heavy (non-hydrogen) atoms. The molecule has 0 amide bonds. The lowest BCUT2D eigenvalue weighted by Crippen LogP contribution is -2.47. The first kappa shape index (κ1) is 25.4. The Hall–Kier alpha value is -1.24. The minimum absolute atomic E-state index is 0.0467. The highest BCUT2D eigenvalue weighted by Gasteiger charge is 2.49. The highest BCUT2D eigenvalue weighted by atomic mass is 32.2. The summed E-state index contributed by atoms with van der Waals surface area (Å²) in [7, 11) is -10.4. The highest BCUT2D eigenvalue weighted by molar-refractivity contribution is 8.00. The van der Waals surface area contributed by atoms with Gasteiger partial charge in [0.2, 0.25) is 12.0 Å². The van der Waals surface area contributed by atoms with Crippen molar-refractivity contribution in [3.05, 3.63) is 12.7 Å². The third-order valence-corrected chi connectivity index (χ3v) is 9.98. The summed E-state index contributed by atoms with van der Waals surface area (Å²) in [6.07, 6.45) is -6.07. The number of nitrogen functional groups attached to an aromatic ring is 1. The molecular weight excluding hydrogens is 536 g/mol. The Labute approximate surface area is 200 Å². The molecule has 194 valence electrons. The Morgan fingerprint density at radius 2 is 1.71 bits per heavy atom. The molecule has 8 N–H and O–H groups in total. The number of ether oxygens (including phenoxy) is 1. The Bertz CT molecular complexity index is 1230. The van der Waals surface area contributed by atoms with Gasteiger partial charge in [-0.2, -0.15) is 4.31 Å². The average Bonchev–Trinajstić information content (AvgIpc) is 3.41. The molecule has 2 fully saturated rings. The zero-order valence-electron chi connectivity index (χ0n) is 17.5. The smallest absolute Gasteiger partial charge is 0.389 e. The molecule has 0 spiro atoms. The Balaban J connectivity index is 1.57. The van der Waals surface area contributed by atoms with Crippen molar-refractivity contribution in [3.8, 4) is 0 Å². The highest BCUT2D eigenvalue weighted by Crippen LogP contribution is 2.61. The van der Waals surface area contributed by atoms with Crippen molar-refractivity contribution in [2.75, 3.05) is 18.9 Å². The third-order valence-electron chi connectivity index (χ3n) is 5.83. The molecule has 6 rings (SSSR count). The van der Waals surface area contributed by atoms with E-state index in [1.165, 1.54) is 21.8 Å². The van der Waals surface area contributed by atoms with Crippen LogP contribution in [-0.4, -0.2) is 93.7 Å². The number of aliphatic hydroxyl groups excluding tert-OH is 4. The minimum atomic E-state index is -5.21. The third kappa shape index (κ3) is 4.53. The number of aromatic nitrogens is 4. The largest absolute Gasteiger partial charge is 0.481 e. The lowest BCUT2D eigenvalue weighted by Gasteiger charge is -2.20. The van der Waals surface area contributed by atoms with Gasteiger partial charge in [-0.25, -0.2) is 18.7 Å². The van der Waals surface area contributed by atoms with Crippen molar-refractivity contribution in [3.63, 3.8) is 0 Å². The Morgan fingerprint density at radius 3 is 2.43 bits per heavy atom. The van der Waals surface area contributed by atoms with Gasteiger partial charge in [-0.05, 0) is 0 Å². The molecule has 4 aliphatic heterocycles. The van der Waals surface area contributed by atoms with E-state index in [-0.39, 0.29) is 17.0 Å². The van der Waals surface area contributed by atoms with Crippen LogP contribution in [0.5, 0.6) is 0 Å². The van der Waals surface area contributed by atoms with E-state index in [1.54, 1.807) is 0 Å². The zero-order valence-corrected chi connectivity index (χ0v) is 20.1. The number of anilines is 1. The first-order chi connectivity index (χ1) is 16.4. The number of thioether (sulfide) groups is 1. The van der Waals surface area contributed by atoms with Crippen molar-refractivity contribution in [2.45, 2.75) is 47.4 Å². The Morgan fingerprint density at radius 1 is 1.03 bits per heavy atom. The number of nitrogens with zero attached hydrogens (tertiary/aromatic N) is 4. The van der Waals surface area contributed by atoms with Crippen molar-refractivity contribution >= 4 is 44.4 Å². The fourth-order valence-corrected chi connectivity index (χ4v) is 7.71. The summed E-state index contributed by atoms with van der Waals surface area (Å²) >= 11 is 0.943. The van der Waals surface area contributed by atoms with Crippen molar-refractivity contribution in [1.29, 1.82) is 0 Å². The van der Waals surface area contributed by atoms with Gasteiger partial charge in [-0.1, -0.05) is 4.98 Å². The molecule has 4 aliphatic rings. The molecule has 0 aliphatic carbocycles. The van der Waals surface area contributed by atoms with E-state index in [1.807, 2.05) is 0 Å². The number of imidazole rings is 1. The van der Waals surface area contributed by atoms with E-state index < -0.39 is 76.2 Å². The van der Waals surface area contributed by atoms with E-state index in [9.17, 15) is 39.3 Å². The van der Waals surface area contributed by atoms with Crippen LogP contribution in [0.2, 0.25) is 0 Å². The van der Waals surface area contributed by atoms with Gasteiger partial charge >= 0.3 is 15.6 Å². The van der Waals surface area contributed by atoms with Crippen LogP contribution in [-0.2, 0) is 27.2 Å². The molecule has 6 heterocycles. The van der Waals surface area contributed by atoms with Crippen molar-refractivity contribution < 1.29 is 62.0 Å². The van der Waals surface area contributed by atoms with Gasteiger partial charge in [-0.15, -0.1) is 11.8 Å². The molecule has 2 unspecified atom stereocenters. The second-order valence-electron chi connectivity index (χ2n) is 8.06. The molecule has 2 saturated heterocycles. The SMILES string of the molecule is Nc1c2ncn3c2nc[n+]1[C@@H]1S[C@H](COP(=O)(O)OP(=O)(O)OC[C@H]2O[C@@H]3[C@H](O)[C@@H]2O)[C@@H](O)[C@H]1O. The van der Waals surface area contributed by atoms with Gasteiger partial charge in [0, 0.05) is 0 Å². The quantitative estimate of drug-likeness (QED) is 0.130. The van der Waals surface area contributed by atoms with Crippen LogP contribution in [0.15, 0.2) is 12.7 Å². The van der Waals surface area contributed by atoms with Gasteiger partial charge in [0.05, 0.1) is 24.6 Å². The number of hydrogen-bond donors (Lipinski definition) is 7. The first-order valence-electron chi connectivity index (χ1n) is 10.1. The molecule has 20 heteroatoms. The molecule has 8 bridgehead atoms. The maximum atomic E-state index is 12.2. The Kier molecular flexibility index (Phi) is 6.50. The summed E-state index contributed by atoms with van der Waals surface area (Å²) in [6.45, 7) is -1.47. The summed E-state index contributed by atoms with van der Waals surface area (Å²) in [5, 5.41) is 40.0. The van der Waals surface area contributed by atoms with Gasteiger partial charge in [0.25, 0.3) is 5.82 Å².